The van der Waals surface area contributed by atoms with E-state index in [1.54, 1.807) is 0 Å². The number of hydrogen-bond acceptors (Lipinski definition) is 4. The highest BCUT2D eigenvalue weighted by Crippen LogP contribution is 2.27. The van der Waals surface area contributed by atoms with Crippen LogP contribution in [0.25, 0.3) is 0 Å². The minimum atomic E-state index is -4.43. The fourth-order valence-electron chi connectivity index (χ4n) is 1.91. The van der Waals surface area contributed by atoms with Gasteiger partial charge in [-0.3, -0.25) is 0 Å². The molecule has 0 saturated carbocycles. The highest BCUT2D eigenvalue weighted by Gasteiger charge is 2.32. The van der Waals surface area contributed by atoms with Gasteiger partial charge in [0.25, 0.3) is 0 Å². The minimum Gasteiger partial charge on any atom is -0.353 e. The first-order valence-corrected chi connectivity index (χ1v) is 5.93. The van der Waals surface area contributed by atoms with Crippen LogP contribution in [0.2, 0.25) is 0 Å². The molecular weight excluding hydrogens is 245 g/mol. The molecule has 0 radical (unpaired) electrons. The van der Waals surface area contributed by atoms with Crippen molar-refractivity contribution in [1.82, 2.24) is 15.3 Å². The maximum atomic E-state index is 12.4. The Morgan fingerprint density at radius 1 is 1.39 bits per heavy atom. The maximum Gasteiger partial charge on any atom is 0.433 e. The lowest BCUT2D eigenvalue weighted by Gasteiger charge is -2.23. The van der Waals surface area contributed by atoms with Crippen LogP contribution < -0.4 is 10.6 Å². The number of anilines is 1. The molecule has 0 bridgehead atoms. The number of halogens is 3. The summed E-state index contributed by atoms with van der Waals surface area (Å²) in [5.74, 6) is 0.0252. The molecule has 1 unspecified atom stereocenters. The van der Waals surface area contributed by atoms with Crippen molar-refractivity contribution < 1.29 is 13.2 Å². The lowest BCUT2D eigenvalue weighted by Crippen LogP contribution is -2.39. The zero-order chi connectivity index (χ0) is 13.0. The number of nitrogens with one attached hydrogen (secondary N) is 2. The molecule has 1 atom stereocenters. The molecule has 0 aliphatic carbocycles. The Morgan fingerprint density at radius 2 is 2.22 bits per heavy atom. The van der Waals surface area contributed by atoms with Crippen LogP contribution in [0, 0.1) is 0 Å². The SMILES string of the molecule is FC(F)(F)c1ccnc(NCC2CCCCN2)n1. The largest absolute Gasteiger partial charge is 0.433 e. The Hall–Kier alpha value is -1.37. The lowest BCUT2D eigenvalue weighted by atomic mass is 10.1. The summed E-state index contributed by atoms with van der Waals surface area (Å²) in [6, 6.07) is 1.14. The average Bonchev–Trinajstić information content (AvgIpc) is 2.37. The van der Waals surface area contributed by atoms with Crippen molar-refractivity contribution in [1.29, 1.82) is 0 Å². The van der Waals surface area contributed by atoms with Crippen LogP contribution in [-0.2, 0) is 6.18 Å². The molecule has 1 aliphatic heterocycles. The van der Waals surface area contributed by atoms with Crippen LogP contribution in [0.3, 0.4) is 0 Å². The van der Waals surface area contributed by atoms with Gasteiger partial charge < -0.3 is 10.6 Å². The molecule has 0 spiro atoms. The molecule has 1 aromatic heterocycles. The van der Waals surface area contributed by atoms with Crippen molar-refractivity contribution in [3.05, 3.63) is 18.0 Å². The van der Waals surface area contributed by atoms with Gasteiger partial charge in [-0.2, -0.15) is 13.2 Å². The molecule has 1 aliphatic rings. The van der Waals surface area contributed by atoms with Gasteiger partial charge in [0.2, 0.25) is 5.95 Å². The zero-order valence-corrected chi connectivity index (χ0v) is 9.80. The average molecular weight is 260 g/mol. The summed E-state index contributed by atoms with van der Waals surface area (Å²) in [5.41, 5.74) is -0.920. The van der Waals surface area contributed by atoms with Crippen molar-refractivity contribution in [2.45, 2.75) is 31.5 Å². The van der Waals surface area contributed by atoms with Gasteiger partial charge in [-0.15, -0.1) is 0 Å². The summed E-state index contributed by atoms with van der Waals surface area (Å²) in [6.45, 7) is 1.50. The van der Waals surface area contributed by atoms with Gasteiger partial charge in [-0.1, -0.05) is 6.42 Å². The van der Waals surface area contributed by atoms with Crippen LogP contribution in [-0.4, -0.2) is 29.1 Å². The molecule has 2 heterocycles. The zero-order valence-electron chi connectivity index (χ0n) is 9.80. The third-order valence-electron chi connectivity index (χ3n) is 2.86. The molecule has 1 fully saturated rings. The fourth-order valence-corrected chi connectivity index (χ4v) is 1.91. The van der Waals surface area contributed by atoms with Crippen molar-refractivity contribution in [3.63, 3.8) is 0 Å². The first-order valence-electron chi connectivity index (χ1n) is 5.93. The molecule has 7 heteroatoms. The van der Waals surface area contributed by atoms with E-state index in [0.717, 1.165) is 38.1 Å². The summed E-state index contributed by atoms with van der Waals surface area (Å²) >= 11 is 0. The minimum absolute atomic E-state index is 0.0252. The Kier molecular flexibility index (Phi) is 4.00. The van der Waals surface area contributed by atoms with Gasteiger partial charge in [-0.25, -0.2) is 9.97 Å². The summed E-state index contributed by atoms with van der Waals surface area (Å²) in [4.78, 5) is 7.24. The molecule has 4 nitrogen and oxygen atoms in total. The summed E-state index contributed by atoms with van der Waals surface area (Å²) < 4.78 is 37.3. The fraction of sp³-hybridized carbons (Fsp3) is 0.636. The molecule has 18 heavy (non-hydrogen) atoms. The number of alkyl halides is 3. The van der Waals surface area contributed by atoms with Crippen LogP contribution >= 0.6 is 0 Å². The monoisotopic (exact) mass is 260 g/mol. The smallest absolute Gasteiger partial charge is 0.353 e. The highest BCUT2D eigenvalue weighted by molar-refractivity contribution is 5.26. The van der Waals surface area contributed by atoms with Crippen LogP contribution in [0.4, 0.5) is 19.1 Å². The third-order valence-corrected chi connectivity index (χ3v) is 2.86. The van der Waals surface area contributed by atoms with Crippen molar-refractivity contribution in [3.8, 4) is 0 Å². The molecule has 2 rings (SSSR count). The van der Waals surface area contributed by atoms with Crippen LogP contribution in [0.5, 0.6) is 0 Å². The Morgan fingerprint density at radius 3 is 2.89 bits per heavy atom. The van der Waals surface area contributed by atoms with Gasteiger partial charge in [0, 0.05) is 18.8 Å². The number of aromatic nitrogens is 2. The van der Waals surface area contributed by atoms with E-state index in [4.69, 9.17) is 0 Å². The number of hydrogen-bond donors (Lipinski definition) is 2. The molecule has 100 valence electrons. The van der Waals surface area contributed by atoms with Crippen LogP contribution in [0.1, 0.15) is 25.0 Å². The van der Waals surface area contributed by atoms with Gasteiger partial charge >= 0.3 is 6.18 Å². The molecule has 2 N–H and O–H groups in total. The molecular formula is C11H15F3N4. The number of piperidine rings is 1. The standard InChI is InChI=1S/C11H15F3N4/c12-11(13,14)9-4-6-16-10(18-9)17-7-8-3-1-2-5-15-8/h4,6,8,15H,1-3,5,7H2,(H,16,17,18). The highest BCUT2D eigenvalue weighted by atomic mass is 19.4. The van der Waals surface area contributed by atoms with Gasteiger partial charge in [0.15, 0.2) is 0 Å². The van der Waals surface area contributed by atoms with Gasteiger partial charge in [-0.05, 0) is 25.5 Å². The molecule has 0 aromatic carbocycles. The summed E-state index contributed by atoms with van der Waals surface area (Å²) in [6.07, 6.45) is 0.000227. The first-order chi connectivity index (χ1) is 8.55. The Labute approximate surface area is 103 Å². The third kappa shape index (κ3) is 3.56. The normalized spacial score (nSPS) is 20.7. The Bertz CT molecular complexity index is 388. The van der Waals surface area contributed by atoms with Gasteiger partial charge in [0.1, 0.15) is 5.69 Å². The van der Waals surface area contributed by atoms with Gasteiger partial charge in [0.05, 0.1) is 0 Å². The number of rotatable bonds is 3. The second kappa shape index (κ2) is 5.51. The lowest BCUT2D eigenvalue weighted by molar-refractivity contribution is -0.141. The maximum absolute atomic E-state index is 12.4. The quantitative estimate of drug-likeness (QED) is 0.873. The second-order valence-corrected chi connectivity index (χ2v) is 4.29. The van der Waals surface area contributed by atoms with Crippen molar-refractivity contribution in [2.75, 3.05) is 18.4 Å². The van der Waals surface area contributed by atoms with E-state index in [2.05, 4.69) is 20.6 Å². The van der Waals surface area contributed by atoms with E-state index >= 15 is 0 Å². The Balaban J connectivity index is 1.92. The van der Waals surface area contributed by atoms with E-state index in [1.807, 2.05) is 0 Å². The van der Waals surface area contributed by atoms with Crippen molar-refractivity contribution in [2.24, 2.45) is 0 Å². The van der Waals surface area contributed by atoms with E-state index in [1.165, 1.54) is 0 Å². The second-order valence-electron chi connectivity index (χ2n) is 4.29. The van der Waals surface area contributed by atoms with E-state index in [-0.39, 0.29) is 12.0 Å². The summed E-state index contributed by atoms with van der Waals surface area (Å²) in [5, 5.41) is 6.14. The van der Waals surface area contributed by atoms with Crippen molar-refractivity contribution >= 4 is 5.95 Å². The van der Waals surface area contributed by atoms with Crippen LogP contribution in [0.15, 0.2) is 12.3 Å². The van der Waals surface area contributed by atoms with E-state index in [9.17, 15) is 13.2 Å². The molecule has 1 aromatic rings. The predicted octanol–water partition coefficient (Wildman–Crippen LogP) is 2.05. The van der Waals surface area contributed by atoms with E-state index < -0.39 is 11.9 Å². The predicted molar refractivity (Wildman–Crippen MR) is 61.2 cm³/mol. The topological polar surface area (TPSA) is 49.8 Å². The molecule has 1 saturated heterocycles. The first kappa shape index (κ1) is 13.1. The summed E-state index contributed by atoms with van der Waals surface area (Å²) in [7, 11) is 0. The van der Waals surface area contributed by atoms with E-state index in [0.29, 0.717) is 6.54 Å². The number of nitrogens with zero attached hydrogens (tertiary/aromatic N) is 2. The molecule has 0 amide bonds.